The monoisotopic (exact) mass is 232 g/mol. The van der Waals surface area contributed by atoms with Gasteiger partial charge in [0.2, 0.25) is 0 Å². The Morgan fingerprint density at radius 1 is 1.82 bits per heavy atom. The van der Waals surface area contributed by atoms with Gasteiger partial charge in [-0.05, 0) is 4.99 Å². The van der Waals surface area contributed by atoms with E-state index in [1.54, 1.807) is 5.38 Å². The van der Waals surface area contributed by atoms with Crippen LogP contribution in [0.15, 0.2) is 10.4 Å². The van der Waals surface area contributed by atoms with E-state index in [1.807, 2.05) is 0 Å². The molecule has 0 aromatic carbocycles. The zero-order valence-corrected chi connectivity index (χ0v) is 7.85. The molecule has 11 heavy (non-hydrogen) atoms. The van der Waals surface area contributed by atoms with Crippen molar-refractivity contribution in [1.29, 1.82) is 0 Å². The zero-order chi connectivity index (χ0) is 8.27. The molecular weight excluding hydrogens is 228 g/mol. The second-order valence-corrected chi connectivity index (χ2v) is 3.10. The van der Waals surface area contributed by atoms with Gasteiger partial charge in [-0.15, -0.1) is 11.3 Å². The van der Waals surface area contributed by atoms with Gasteiger partial charge >= 0.3 is 0 Å². The zero-order valence-electron chi connectivity index (χ0n) is 5.45. The third-order valence-electron chi connectivity index (χ3n) is 1.06. The number of rotatable bonds is 2. The maximum absolute atomic E-state index is 10.4. The largest absolute Gasteiger partial charge is 0.375 e. The molecule has 0 radical (unpaired) electrons. The normalized spacial score (nSPS) is 11.5. The maximum Gasteiger partial charge on any atom is 0.180 e. The summed E-state index contributed by atoms with van der Waals surface area (Å²) in [7, 11) is 0. The lowest BCUT2D eigenvalue weighted by atomic mass is 10.3. The number of hydrogen-bond acceptors (Lipinski definition) is 4. The molecular formula is C6H5BrN2OS. The lowest BCUT2D eigenvalue weighted by molar-refractivity contribution is -0.103. The molecule has 0 aliphatic carbocycles. The number of carbonyl (C=O) groups excluding carboxylic acids is 1. The van der Waals surface area contributed by atoms with Crippen molar-refractivity contribution in [2.24, 2.45) is 0 Å². The molecule has 0 unspecified atom stereocenters. The molecule has 0 fully saturated rings. The van der Waals surface area contributed by atoms with E-state index in [0.717, 1.165) is 6.29 Å². The van der Waals surface area contributed by atoms with Gasteiger partial charge in [0.15, 0.2) is 11.4 Å². The summed E-state index contributed by atoms with van der Waals surface area (Å²) in [6.45, 7) is 0. The Kier molecular flexibility index (Phi) is 2.78. The van der Waals surface area contributed by atoms with Gasteiger partial charge in [0.25, 0.3) is 0 Å². The number of aromatic nitrogens is 1. The molecule has 1 aromatic rings. The van der Waals surface area contributed by atoms with Gasteiger partial charge in [-0.2, -0.15) is 0 Å². The number of nitrogens with zero attached hydrogens (tertiary/aromatic N) is 1. The van der Waals surface area contributed by atoms with Crippen LogP contribution in [0.25, 0.3) is 5.57 Å². The van der Waals surface area contributed by atoms with Gasteiger partial charge in [-0.3, -0.25) is 4.79 Å². The number of aldehydes is 1. The number of thiazole rings is 1. The van der Waals surface area contributed by atoms with Crippen LogP contribution < -0.4 is 5.73 Å². The molecule has 0 aliphatic rings. The van der Waals surface area contributed by atoms with Crippen LogP contribution in [-0.4, -0.2) is 11.3 Å². The Morgan fingerprint density at radius 3 is 2.91 bits per heavy atom. The van der Waals surface area contributed by atoms with E-state index in [0.29, 0.717) is 16.4 Å². The minimum Gasteiger partial charge on any atom is -0.375 e. The first-order chi connectivity index (χ1) is 5.27. The average Bonchev–Trinajstić information content (AvgIpc) is 2.39. The van der Waals surface area contributed by atoms with E-state index >= 15 is 0 Å². The van der Waals surface area contributed by atoms with Crippen LogP contribution in [0.3, 0.4) is 0 Å². The lowest BCUT2D eigenvalue weighted by Crippen LogP contribution is -1.86. The van der Waals surface area contributed by atoms with Crippen molar-refractivity contribution in [3.8, 4) is 0 Å². The summed E-state index contributed by atoms with van der Waals surface area (Å²) in [5, 5.41) is 2.20. The van der Waals surface area contributed by atoms with Crippen LogP contribution in [0.5, 0.6) is 0 Å². The predicted octanol–water partition coefficient (Wildman–Crippen LogP) is 1.66. The van der Waals surface area contributed by atoms with E-state index in [-0.39, 0.29) is 0 Å². The Labute approximate surface area is 76.1 Å². The van der Waals surface area contributed by atoms with E-state index in [4.69, 9.17) is 5.73 Å². The van der Waals surface area contributed by atoms with Crippen molar-refractivity contribution < 1.29 is 4.79 Å². The molecule has 0 amide bonds. The molecule has 0 aliphatic heterocycles. The fraction of sp³-hybridized carbons (Fsp3) is 0. The number of allylic oxidation sites excluding steroid dienone is 1. The Hall–Kier alpha value is -0.680. The topological polar surface area (TPSA) is 56.0 Å². The van der Waals surface area contributed by atoms with Gasteiger partial charge in [-0.1, -0.05) is 15.9 Å². The maximum atomic E-state index is 10.4. The van der Waals surface area contributed by atoms with Crippen molar-refractivity contribution in [2.75, 3.05) is 5.73 Å². The molecule has 0 saturated carbocycles. The van der Waals surface area contributed by atoms with Crippen LogP contribution in [0.4, 0.5) is 5.13 Å². The summed E-state index contributed by atoms with van der Waals surface area (Å²) in [5.74, 6) is 0. The first-order valence-corrected chi connectivity index (χ1v) is 4.54. The van der Waals surface area contributed by atoms with Crippen LogP contribution in [-0.2, 0) is 4.79 Å². The van der Waals surface area contributed by atoms with Crippen LogP contribution >= 0.6 is 27.3 Å². The summed E-state index contributed by atoms with van der Waals surface area (Å²) in [5.41, 5.74) is 6.48. The third-order valence-corrected chi connectivity index (χ3v) is 2.23. The molecule has 1 rings (SSSR count). The molecule has 0 saturated heterocycles. The molecule has 1 heterocycles. The number of carbonyl (C=O) groups is 1. The standard InChI is InChI=1S/C6H5BrN2OS/c7-1-4(2-10)5-3-11-6(8)9-5/h1-3H,(H2,8,9)/b4-1+. The minimum atomic E-state index is 0.466. The van der Waals surface area contributed by atoms with Gasteiger partial charge in [0.05, 0.1) is 5.69 Å². The summed E-state index contributed by atoms with van der Waals surface area (Å²) < 4.78 is 0. The number of nitrogens with two attached hydrogens (primary N) is 1. The van der Waals surface area contributed by atoms with Crippen molar-refractivity contribution in [2.45, 2.75) is 0 Å². The molecule has 3 nitrogen and oxygen atoms in total. The Balaban J connectivity index is 3.00. The van der Waals surface area contributed by atoms with Crippen molar-refractivity contribution in [3.63, 3.8) is 0 Å². The fourth-order valence-electron chi connectivity index (χ4n) is 0.562. The lowest BCUT2D eigenvalue weighted by Gasteiger charge is -1.87. The SMILES string of the molecule is Nc1nc(/C(C=O)=C/Br)cs1. The van der Waals surface area contributed by atoms with Crippen LogP contribution in [0.1, 0.15) is 5.69 Å². The minimum absolute atomic E-state index is 0.466. The fourth-order valence-corrected chi connectivity index (χ4v) is 1.48. The molecule has 0 spiro atoms. The molecule has 1 aromatic heterocycles. The van der Waals surface area contributed by atoms with E-state index in [1.165, 1.54) is 16.3 Å². The van der Waals surface area contributed by atoms with Gasteiger partial charge in [-0.25, -0.2) is 4.98 Å². The molecule has 2 N–H and O–H groups in total. The Morgan fingerprint density at radius 2 is 2.55 bits per heavy atom. The highest BCUT2D eigenvalue weighted by molar-refractivity contribution is 9.11. The first kappa shape index (κ1) is 8.42. The summed E-state index contributed by atoms with van der Waals surface area (Å²) in [4.78, 5) is 15.8. The second-order valence-electron chi connectivity index (χ2n) is 1.75. The summed E-state index contributed by atoms with van der Waals surface area (Å²) in [6, 6.07) is 0. The highest BCUT2D eigenvalue weighted by atomic mass is 79.9. The van der Waals surface area contributed by atoms with Crippen molar-refractivity contribution in [1.82, 2.24) is 4.98 Å². The van der Waals surface area contributed by atoms with Crippen molar-refractivity contribution in [3.05, 3.63) is 16.1 Å². The summed E-state index contributed by atoms with van der Waals surface area (Å²) >= 11 is 4.36. The van der Waals surface area contributed by atoms with E-state index < -0.39 is 0 Å². The number of halogens is 1. The van der Waals surface area contributed by atoms with Crippen LogP contribution in [0.2, 0.25) is 0 Å². The molecule has 5 heteroatoms. The van der Waals surface area contributed by atoms with E-state index in [2.05, 4.69) is 20.9 Å². The molecule has 58 valence electrons. The van der Waals surface area contributed by atoms with Gasteiger partial charge < -0.3 is 5.73 Å². The molecule has 0 bridgehead atoms. The van der Waals surface area contributed by atoms with Crippen LogP contribution in [0, 0.1) is 0 Å². The smallest absolute Gasteiger partial charge is 0.180 e. The highest BCUT2D eigenvalue weighted by Gasteiger charge is 2.02. The first-order valence-electron chi connectivity index (χ1n) is 2.75. The summed E-state index contributed by atoms with van der Waals surface area (Å²) in [6.07, 6.45) is 0.725. The Bertz CT molecular complexity index is 295. The number of nitrogen functional groups attached to an aromatic ring is 1. The van der Waals surface area contributed by atoms with Crippen molar-refractivity contribution >= 4 is 44.3 Å². The van der Waals surface area contributed by atoms with E-state index in [9.17, 15) is 4.79 Å². The van der Waals surface area contributed by atoms with Gasteiger partial charge in [0.1, 0.15) is 0 Å². The second kappa shape index (κ2) is 3.64. The molecule has 0 atom stereocenters. The number of anilines is 1. The predicted molar refractivity (Wildman–Crippen MR) is 49.5 cm³/mol. The van der Waals surface area contributed by atoms with Gasteiger partial charge in [0, 0.05) is 11.0 Å². The highest BCUT2D eigenvalue weighted by Crippen LogP contribution is 2.18. The average molecular weight is 233 g/mol. The number of hydrogen-bond donors (Lipinski definition) is 1. The third kappa shape index (κ3) is 1.87. The quantitative estimate of drug-likeness (QED) is 0.624.